The molecular weight excluding hydrogens is 232 g/mol. The normalized spacial score (nSPS) is 11.1. The van der Waals surface area contributed by atoms with Crippen molar-refractivity contribution in [2.24, 2.45) is 5.41 Å². The third kappa shape index (κ3) is 3.09. The predicted octanol–water partition coefficient (Wildman–Crippen LogP) is 2.69. The second-order valence-corrected chi connectivity index (χ2v) is 4.99. The molecular formula is C14H18O4. The van der Waals surface area contributed by atoms with E-state index in [2.05, 4.69) is 0 Å². The van der Waals surface area contributed by atoms with Gasteiger partial charge in [0.15, 0.2) is 5.78 Å². The van der Waals surface area contributed by atoms with Crippen molar-refractivity contribution in [3.05, 3.63) is 29.3 Å². The molecule has 98 valence electrons. The standard InChI is InChI=1S/C14H18O4/c1-9-5-6-11(18-4)10(7-9)13(17)14(2,3)8-12(15)16/h5-7H,8H2,1-4H3,(H,15,16). The van der Waals surface area contributed by atoms with E-state index in [1.165, 1.54) is 7.11 Å². The number of ether oxygens (including phenoxy) is 1. The number of carboxylic acids is 1. The van der Waals surface area contributed by atoms with Crippen molar-refractivity contribution in [1.29, 1.82) is 0 Å². The lowest BCUT2D eigenvalue weighted by atomic mass is 9.81. The summed E-state index contributed by atoms with van der Waals surface area (Å²) in [4.78, 5) is 23.2. The number of methoxy groups -OCH3 is 1. The van der Waals surface area contributed by atoms with Crippen LogP contribution in [0.15, 0.2) is 18.2 Å². The van der Waals surface area contributed by atoms with Gasteiger partial charge in [-0.15, -0.1) is 0 Å². The van der Waals surface area contributed by atoms with Gasteiger partial charge in [-0.05, 0) is 19.1 Å². The number of hydrogen-bond donors (Lipinski definition) is 1. The lowest BCUT2D eigenvalue weighted by Crippen LogP contribution is -2.27. The van der Waals surface area contributed by atoms with E-state index >= 15 is 0 Å². The minimum atomic E-state index is -0.986. The minimum Gasteiger partial charge on any atom is -0.496 e. The molecule has 0 amide bonds. The van der Waals surface area contributed by atoms with Crippen LogP contribution in [0.5, 0.6) is 5.75 Å². The molecule has 0 aliphatic carbocycles. The van der Waals surface area contributed by atoms with Crippen molar-refractivity contribution in [2.45, 2.75) is 27.2 Å². The quantitative estimate of drug-likeness (QED) is 0.816. The van der Waals surface area contributed by atoms with Crippen molar-refractivity contribution in [3.63, 3.8) is 0 Å². The van der Waals surface area contributed by atoms with Crippen molar-refractivity contribution >= 4 is 11.8 Å². The zero-order valence-corrected chi connectivity index (χ0v) is 11.1. The number of rotatable bonds is 5. The van der Waals surface area contributed by atoms with Gasteiger partial charge in [-0.2, -0.15) is 0 Å². The van der Waals surface area contributed by atoms with E-state index in [-0.39, 0.29) is 12.2 Å². The minimum absolute atomic E-state index is 0.205. The van der Waals surface area contributed by atoms with E-state index in [4.69, 9.17) is 9.84 Å². The summed E-state index contributed by atoms with van der Waals surface area (Å²) in [6.07, 6.45) is -0.205. The topological polar surface area (TPSA) is 63.6 Å². The van der Waals surface area contributed by atoms with E-state index < -0.39 is 11.4 Å². The molecule has 0 fully saturated rings. The van der Waals surface area contributed by atoms with Gasteiger partial charge in [0, 0.05) is 5.41 Å². The molecule has 18 heavy (non-hydrogen) atoms. The largest absolute Gasteiger partial charge is 0.496 e. The molecule has 0 saturated carbocycles. The summed E-state index contributed by atoms with van der Waals surface area (Å²) in [5, 5.41) is 8.84. The number of ketones is 1. The molecule has 0 unspecified atom stereocenters. The number of hydrogen-bond acceptors (Lipinski definition) is 3. The molecule has 0 aliphatic heterocycles. The highest BCUT2D eigenvalue weighted by atomic mass is 16.5. The first-order valence-corrected chi connectivity index (χ1v) is 5.69. The number of aryl methyl sites for hydroxylation is 1. The summed E-state index contributed by atoms with van der Waals surface area (Å²) in [7, 11) is 1.49. The van der Waals surface area contributed by atoms with Crippen molar-refractivity contribution in [2.75, 3.05) is 7.11 Å². The van der Waals surface area contributed by atoms with Crippen LogP contribution in [-0.2, 0) is 4.79 Å². The predicted molar refractivity (Wildman–Crippen MR) is 68.1 cm³/mol. The average Bonchev–Trinajstić information content (AvgIpc) is 2.26. The second kappa shape index (κ2) is 5.21. The maximum Gasteiger partial charge on any atom is 0.304 e. The SMILES string of the molecule is COc1ccc(C)cc1C(=O)C(C)(C)CC(=O)O. The van der Waals surface area contributed by atoms with Crippen LogP contribution in [0.2, 0.25) is 0 Å². The van der Waals surface area contributed by atoms with Gasteiger partial charge < -0.3 is 9.84 Å². The number of carbonyl (C=O) groups is 2. The van der Waals surface area contributed by atoms with Gasteiger partial charge in [-0.1, -0.05) is 25.5 Å². The van der Waals surface area contributed by atoms with Crippen LogP contribution in [0.3, 0.4) is 0 Å². The molecule has 4 heteroatoms. The first kappa shape index (κ1) is 14.2. The van der Waals surface area contributed by atoms with Crippen LogP contribution < -0.4 is 4.74 Å². The van der Waals surface area contributed by atoms with Crippen molar-refractivity contribution in [3.8, 4) is 5.75 Å². The molecule has 0 atom stereocenters. The highest BCUT2D eigenvalue weighted by molar-refractivity contribution is 6.03. The molecule has 0 saturated heterocycles. The van der Waals surface area contributed by atoms with Gasteiger partial charge in [0.2, 0.25) is 0 Å². The molecule has 0 aliphatic rings. The fourth-order valence-corrected chi connectivity index (χ4v) is 1.82. The second-order valence-electron chi connectivity index (χ2n) is 4.99. The number of benzene rings is 1. The summed E-state index contributed by atoms with van der Waals surface area (Å²) >= 11 is 0. The first-order chi connectivity index (χ1) is 8.27. The van der Waals surface area contributed by atoms with Crippen LogP contribution >= 0.6 is 0 Å². The van der Waals surface area contributed by atoms with Crippen LogP contribution in [0.25, 0.3) is 0 Å². The van der Waals surface area contributed by atoms with Crippen LogP contribution in [0.1, 0.15) is 36.2 Å². The molecule has 0 aromatic heterocycles. The Labute approximate surface area is 107 Å². The van der Waals surface area contributed by atoms with E-state index in [0.717, 1.165) is 5.56 Å². The molecule has 0 heterocycles. The first-order valence-electron chi connectivity index (χ1n) is 5.69. The zero-order chi connectivity index (χ0) is 13.9. The third-order valence-electron chi connectivity index (χ3n) is 2.81. The summed E-state index contributed by atoms with van der Waals surface area (Å²) in [6.45, 7) is 5.14. The summed E-state index contributed by atoms with van der Waals surface area (Å²) in [5.74, 6) is -0.727. The van der Waals surface area contributed by atoms with Gasteiger partial charge in [0.1, 0.15) is 5.75 Å². The summed E-state index contributed by atoms with van der Waals surface area (Å²) in [6, 6.07) is 5.30. The van der Waals surface area contributed by atoms with E-state index in [1.807, 2.05) is 13.0 Å². The number of Topliss-reactive ketones (excluding diaryl/α,β-unsaturated/α-hetero) is 1. The smallest absolute Gasteiger partial charge is 0.304 e. The van der Waals surface area contributed by atoms with E-state index in [0.29, 0.717) is 11.3 Å². The maximum absolute atomic E-state index is 12.4. The Morgan fingerprint density at radius 3 is 2.44 bits per heavy atom. The monoisotopic (exact) mass is 250 g/mol. The summed E-state index contributed by atoms with van der Waals surface area (Å²) < 4.78 is 5.15. The Kier molecular flexibility index (Phi) is 4.11. The van der Waals surface area contributed by atoms with Gasteiger partial charge in [-0.3, -0.25) is 9.59 Å². The Balaban J connectivity index is 3.17. The lowest BCUT2D eigenvalue weighted by Gasteiger charge is -2.22. The molecule has 4 nitrogen and oxygen atoms in total. The molecule has 1 rings (SSSR count). The van der Waals surface area contributed by atoms with E-state index in [1.54, 1.807) is 26.0 Å². The summed E-state index contributed by atoms with van der Waals surface area (Å²) in [5.41, 5.74) is 0.418. The highest BCUT2D eigenvalue weighted by Crippen LogP contribution is 2.31. The highest BCUT2D eigenvalue weighted by Gasteiger charge is 2.33. The van der Waals surface area contributed by atoms with Gasteiger partial charge in [-0.25, -0.2) is 0 Å². The van der Waals surface area contributed by atoms with Crippen LogP contribution in [-0.4, -0.2) is 24.0 Å². The number of aliphatic carboxylic acids is 1. The molecule has 1 aromatic rings. The Morgan fingerprint density at radius 1 is 1.33 bits per heavy atom. The molecule has 1 N–H and O–H groups in total. The molecule has 0 spiro atoms. The van der Waals surface area contributed by atoms with Crippen LogP contribution in [0.4, 0.5) is 0 Å². The van der Waals surface area contributed by atoms with Gasteiger partial charge in [0.25, 0.3) is 0 Å². The fourth-order valence-electron chi connectivity index (χ4n) is 1.82. The fraction of sp³-hybridized carbons (Fsp3) is 0.429. The van der Waals surface area contributed by atoms with E-state index in [9.17, 15) is 9.59 Å². The Morgan fingerprint density at radius 2 is 1.94 bits per heavy atom. The molecule has 1 aromatic carbocycles. The lowest BCUT2D eigenvalue weighted by molar-refractivity contribution is -0.138. The van der Waals surface area contributed by atoms with Gasteiger partial charge in [0.05, 0.1) is 19.1 Å². The number of carboxylic acid groups (broad SMARTS) is 1. The Hall–Kier alpha value is -1.84. The molecule has 0 radical (unpaired) electrons. The maximum atomic E-state index is 12.4. The molecule has 0 bridgehead atoms. The van der Waals surface area contributed by atoms with Crippen molar-refractivity contribution < 1.29 is 19.4 Å². The zero-order valence-electron chi connectivity index (χ0n) is 11.1. The Bertz CT molecular complexity index is 475. The third-order valence-corrected chi connectivity index (χ3v) is 2.81. The number of carbonyl (C=O) groups excluding carboxylic acids is 1. The van der Waals surface area contributed by atoms with Crippen molar-refractivity contribution in [1.82, 2.24) is 0 Å². The van der Waals surface area contributed by atoms with Crippen LogP contribution in [0, 0.1) is 12.3 Å². The van der Waals surface area contributed by atoms with Gasteiger partial charge >= 0.3 is 5.97 Å². The average molecular weight is 250 g/mol.